The Hall–Kier alpha value is -2.66. The summed E-state index contributed by atoms with van der Waals surface area (Å²) >= 11 is 0. The van der Waals surface area contributed by atoms with Crippen LogP contribution in [0.25, 0.3) is 0 Å². The second-order valence-electron chi connectivity index (χ2n) is 4.94. The summed E-state index contributed by atoms with van der Waals surface area (Å²) < 4.78 is 0. The van der Waals surface area contributed by atoms with Crippen molar-refractivity contribution in [2.45, 2.75) is 13.0 Å². The lowest BCUT2D eigenvalue weighted by atomic mass is 10.1. The van der Waals surface area contributed by atoms with Crippen LogP contribution in [0, 0.1) is 6.92 Å². The van der Waals surface area contributed by atoms with Crippen molar-refractivity contribution >= 4 is 17.5 Å². The Labute approximate surface area is 129 Å². The quantitative estimate of drug-likeness (QED) is 0.753. The Morgan fingerprint density at radius 3 is 2.23 bits per heavy atom. The van der Waals surface area contributed by atoms with E-state index in [2.05, 4.69) is 10.6 Å². The summed E-state index contributed by atoms with van der Waals surface area (Å²) in [5, 5.41) is 14.4. The first-order valence-corrected chi connectivity index (χ1v) is 6.94. The number of nitrogens with one attached hydrogen (secondary N) is 2. The minimum Gasteiger partial charge on any atom is -0.394 e. The van der Waals surface area contributed by atoms with Gasteiger partial charge in [0.15, 0.2) is 0 Å². The summed E-state index contributed by atoms with van der Waals surface area (Å²) in [5.41, 5.74) is 2.35. The van der Waals surface area contributed by atoms with Crippen LogP contribution in [0.2, 0.25) is 0 Å². The minimum absolute atomic E-state index is 0.284. The molecule has 114 valence electrons. The van der Waals surface area contributed by atoms with Gasteiger partial charge in [-0.1, -0.05) is 48.0 Å². The molecular weight excluding hydrogens is 280 g/mol. The van der Waals surface area contributed by atoms with Crippen molar-refractivity contribution < 1.29 is 14.7 Å². The van der Waals surface area contributed by atoms with Crippen molar-refractivity contribution in [1.29, 1.82) is 0 Å². The van der Waals surface area contributed by atoms with Crippen LogP contribution in [0.5, 0.6) is 0 Å². The second kappa shape index (κ2) is 7.38. The SMILES string of the molecule is Cc1ccc(NC(=O)C(=O)NC(CO)c2ccccc2)cc1. The van der Waals surface area contributed by atoms with Crippen molar-refractivity contribution in [2.75, 3.05) is 11.9 Å². The number of carbonyl (C=O) groups is 2. The number of hydrogen-bond acceptors (Lipinski definition) is 3. The zero-order chi connectivity index (χ0) is 15.9. The number of benzene rings is 2. The summed E-state index contributed by atoms with van der Waals surface area (Å²) in [6.07, 6.45) is 0. The maximum Gasteiger partial charge on any atom is 0.313 e. The number of amides is 2. The molecular formula is C17H18N2O3. The van der Waals surface area contributed by atoms with Crippen LogP contribution in [-0.4, -0.2) is 23.5 Å². The van der Waals surface area contributed by atoms with E-state index in [1.807, 2.05) is 25.1 Å². The van der Waals surface area contributed by atoms with Crippen LogP contribution in [-0.2, 0) is 9.59 Å². The molecule has 0 heterocycles. The van der Waals surface area contributed by atoms with Gasteiger partial charge in [-0.05, 0) is 24.6 Å². The predicted molar refractivity (Wildman–Crippen MR) is 84.2 cm³/mol. The highest BCUT2D eigenvalue weighted by Crippen LogP contribution is 2.12. The number of aliphatic hydroxyl groups is 1. The Bertz CT molecular complexity index is 639. The number of anilines is 1. The molecule has 0 bridgehead atoms. The highest BCUT2D eigenvalue weighted by molar-refractivity contribution is 6.39. The fourth-order valence-corrected chi connectivity index (χ4v) is 1.97. The lowest BCUT2D eigenvalue weighted by molar-refractivity contribution is -0.136. The maximum atomic E-state index is 11.9. The van der Waals surface area contributed by atoms with E-state index < -0.39 is 17.9 Å². The molecule has 1 unspecified atom stereocenters. The van der Waals surface area contributed by atoms with Gasteiger partial charge in [0.1, 0.15) is 0 Å². The molecule has 1 atom stereocenters. The predicted octanol–water partition coefficient (Wildman–Crippen LogP) is 1.78. The summed E-state index contributed by atoms with van der Waals surface area (Å²) in [6, 6.07) is 15.5. The van der Waals surface area contributed by atoms with Crippen molar-refractivity contribution in [3.8, 4) is 0 Å². The van der Waals surface area contributed by atoms with Crippen molar-refractivity contribution in [3.63, 3.8) is 0 Å². The number of hydrogen-bond donors (Lipinski definition) is 3. The topological polar surface area (TPSA) is 78.4 Å². The van der Waals surface area contributed by atoms with E-state index in [1.54, 1.807) is 36.4 Å². The largest absolute Gasteiger partial charge is 0.394 e. The number of aliphatic hydroxyl groups excluding tert-OH is 1. The number of rotatable bonds is 4. The molecule has 2 aromatic carbocycles. The molecule has 2 amide bonds. The summed E-state index contributed by atoms with van der Waals surface area (Å²) in [4.78, 5) is 23.8. The van der Waals surface area contributed by atoms with Gasteiger partial charge in [-0.25, -0.2) is 0 Å². The zero-order valence-electron chi connectivity index (χ0n) is 12.2. The van der Waals surface area contributed by atoms with Crippen molar-refractivity contribution in [2.24, 2.45) is 0 Å². The van der Waals surface area contributed by atoms with Crippen molar-refractivity contribution in [3.05, 3.63) is 65.7 Å². The molecule has 0 aliphatic heterocycles. The van der Waals surface area contributed by atoms with Crippen LogP contribution >= 0.6 is 0 Å². The average Bonchev–Trinajstić information content (AvgIpc) is 2.55. The molecule has 5 heteroatoms. The Morgan fingerprint density at radius 1 is 1.00 bits per heavy atom. The Morgan fingerprint density at radius 2 is 1.64 bits per heavy atom. The van der Waals surface area contributed by atoms with Gasteiger partial charge in [-0.15, -0.1) is 0 Å². The fraction of sp³-hybridized carbons (Fsp3) is 0.176. The molecule has 22 heavy (non-hydrogen) atoms. The Kier molecular flexibility index (Phi) is 5.27. The molecule has 0 aliphatic rings. The first-order valence-electron chi connectivity index (χ1n) is 6.94. The summed E-state index contributed by atoms with van der Waals surface area (Å²) in [5.74, 6) is -1.55. The molecule has 0 saturated heterocycles. The Balaban J connectivity index is 1.98. The number of aryl methyl sites for hydroxylation is 1. The standard InChI is InChI=1S/C17H18N2O3/c1-12-7-9-14(10-8-12)18-16(21)17(22)19-15(11-20)13-5-3-2-4-6-13/h2-10,15,20H,11H2,1H3,(H,18,21)(H,19,22). The highest BCUT2D eigenvalue weighted by atomic mass is 16.3. The molecule has 0 spiro atoms. The van der Waals surface area contributed by atoms with Crippen LogP contribution in [0.15, 0.2) is 54.6 Å². The van der Waals surface area contributed by atoms with E-state index in [1.165, 1.54) is 0 Å². The molecule has 0 saturated carbocycles. The average molecular weight is 298 g/mol. The monoisotopic (exact) mass is 298 g/mol. The van der Waals surface area contributed by atoms with Crippen molar-refractivity contribution in [1.82, 2.24) is 5.32 Å². The van der Waals surface area contributed by atoms with E-state index >= 15 is 0 Å². The molecule has 0 radical (unpaired) electrons. The van der Waals surface area contributed by atoms with Crippen LogP contribution in [0.1, 0.15) is 17.2 Å². The number of carbonyl (C=O) groups excluding carboxylic acids is 2. The zero-order valence-corrected chi connectivity index (χ0v) is 12.2. The summed E-state index contributed by atoms with van der Waals surface area (Å²) in [6.45, 7) is 1.65. The van der Waals surface area contributed by atoms with E-state index in [0.29, 0.717) is 5.69 Å². The van der Waals surface area contributed by atoms with Gasteiger partial charge < -0.3 is 15.7 Å². The first-order chi connectivity index (χ1) is 10.6. The molecule has 3 N–H and O–H groups in total. The van der Waals surface area contributed by atoms with E-state index in [9.17, 15) is 14.7 Å². The smallest absolute Gasteiger partial charge is 0.313 e. The summed E-state index contributed by atoms with van der Waals surface area (Å²) in [7, 11) is 0. The third kappa shape index (κ3) is 4.17. The lowest BCUT2D eigenvalue weighted by Crippen LogP contribution is -2.39. The van der Waals surface area contributed by atoms with Gasteiger partial charge in [0.25, 0.3) is 0 Å². The van der Waals surface area contributed by atoms with Crippen LogP contribution in [0.4, 0.5) is 5.69 Å². The van der Waals surface area contributed by atoms with Gasteiger partial charge in [-0.3, -0.25) is 9.59 Å². The van der Waals surface area contributed by atoms with E-state index in [4.69, 9.17) is 0 Å². The lowest BCUT2D eigenvalue weighted by Gasteiger charge is -2.16. The molecule has 0 fully saturated rings. The maximum absolute atomic E-state index is 11.9. The van der Waals surface area contributed by atoms with Gasteiger partial charge in [-0.2, -0.15) is 0 Å². The fourth-order valence-electron chi connectivity index (χ4n) is 1.97. The normalized spacial score (nSPS) is 11.5. The third-order valence-corrected chi connectivity index (χ3v) is 3.21. The second-order valence-corrected chi connectivity index (χ2v) is 4.94. The first kappa shape index (κ1) is 15.7. The van der Waals surface area contributed by atoms with Gasteiger partial charge in [0.2, 0.25) is 0 Å². The van der Waals surface area contributed by atoms with Gasteiger partial charge >= 0.3 is 11.8 Å². The third-order valence-electron chi connectivity index (χ3n) is 3.21. The molecule has 0 aliphatic carbocycles. The molecule has 0 aromatic heterocycles. The van der Waals surface area contributed by atoms with Crippen LogP contribution in [0.3, 0.4) is 0 Å². The van der Waals surface area contributed by atoms with E-state index in [0.717, 1.165) is 11.1 Å². The molecule has 2 rings (SSSR count). The van der Waals surface area contributed by atoms with Crippen LogP contribution < -0.4 is 10.6 Å². The van der Waals surface area contributed by atoms with Gasteiger partial charge in [0.05, 0.1) is 12.6 Å². The van der Waals surface area contributed by atoms with Gasteiger partial charge in [0, 0.05) is 5.69 Å². The highest BCUT2D eigenvalue weighted by Gasteiger charge is 2.19. The molecule has 2 aromatic rings. The minimum atomic E-state index is -0.788. The molecule has 5 nitrogen and oxygen atoms in total. The van der Waals surface area contributed by atoms with E-state index in [-0.39, 0.29) is 6.61 Å².